The van der Waals surface area contributed by atoms with Crippen LogP contribution in [-0.4, -0.2) is 37.0 Å². The highest BCUT2D eigenvalue weighted by Crippen LogP contribution is 2.28. The minimum Gasteiger partial charge on any atom is -0.338 e. The third kappa shape index (κ3) is 3.01. The van der Waals surface area contributed by atoms with Crippen molar-refractivity contribution in [2.24, 2.45) is 11.8 Å². The third-order valence-corrected chi connectivity index (χ3v) is 4.21. The normalized spacial score (nSPS) is 24.4. The molecular formula is C14H16ClF3N2O. The lowest BCUT2D eigenvalue weighted by Gasteiger charge is -2.34. The zero-order valence-electron chi connectivity index (χ0n) is 11.2. The molecule has 0 saturated carbocycles. The van der Waals surface area contributed by atoms with Crippen LogP contribution in [0.1, 0.15) is 16.8 Å². The maximum atomic E-state index is 13.6. The molecule has 3 nitrogen and oxygen atoms in total. The lowest BCUT2D eigenvalue weighted by Crippen LogP contribution is -2.44. The van der Waals surface area contributed by atoms with E-state index in [-0.39, 0.29) is 12.4 Å². The number of likely N-dealkylation sites (tertiary alicyclic amines) is 1. The molecule has 1 amide bonds. The van der Waals surface area contributed by atoms with Gasteiger partial charge in [-0.3, -0.25) is 4.79 Å². The molecule has 0 bridgehead atoms. The van der Waals surface area contributed by atoms with E-state index in [0.717, 1.165) is 19.5 Å². The average molecular weight is 321 g/mol. The highest BCUT2D eigenvalue weighted by atomic mass is 35.5. The number of rotatable bonds is 1. The summed E-state index contributed by atoms with van der Waals surface area (Å²) in [6.07, 6.45) is 0.827. The van der Waals surface area contributed by atoms with E-state index in [2.05, 4.69) is 5.32 Å². The van der Waals surface area contributed by atoms with E-state index in [1.807, 2.05) is 0 Å². The molecule has 2 saturated heterocycles. The number of carbonyl (C=O) groups excluding carboxylic acids is 1. The van der Waals surface area contributed by atoms with Crippen molar-refractivity contribution in [3.05, 3.63) is 35.1 Å². The molecule has 2 aliphatic heterocycles. The van der Waals surface area contributed by atoms with Gasteiger partial charge in [-0.25, -0.2) is 13.2 Å². The topological polar surface area (TPSA) is 32.3 Å². The Morgan fingerprint density at radius 3 is 2.43 bits per heavy atom. The van der Waals surface area contributed by atoms with Gasteiger partial charge in [0.2, 0.25) is 0 Å². The molecule has 0 aromatic heterocycles. The Balaban J connectivity index is 0.00000161. The van der Waals surface area contributed by atoms with Crippen molar-refractivity contribution in [2.75, 3.05) is 26.2 Å². The summed E-state index contributed by atoms with van der Waals surface area (Å²) in [6.45, 7) is 2.74. The number of nitrogens with zero attached hydrogens (tertiary/aromatic N) is 1. The summed E-state index contributed by atoms with van der Waals surface area (Å²) in [5, 5.41) is 3.26. The number of benzene rings is 1. The van der Waals surface area contributed by atoms with Crippen LogP contribution in [0.4, 0.5) is 13.2 Å². The van der Waals surface area contributed by atoms with Crippen LogP contribution in [0.5, 0.6) is 0 Å². The summed E-state index contributed by atoms with van der Waals surface area (Å²) in [4.78, 5) is 13.7. The van der Waals surface area contributed by atoms with Gasteiger partial charge in [0.25, 0.3) is 5.91 Å². The molecule has 0 radical (unpaired) electrons. The van der Waals surface area contributed by atoms with Crippen LogP contribution < -0.4 is 5.32 Å². The molecule has 2 aliphatic rings. The SMILES string of the molecule is Cl.O=C(c1c(F)cc(F)cc1F)N1CCC2CNCC2C1. The Kier molecular flexibility index (Phi) is 4.78. The molecular weight excluding hydrogens is 305 g/mol. The lowest BCUT2D eigenvalue weighted by molar-refractivity contribution is 0.0632. The summed E-state index contributed by atoms with van der Waals surface area (Å²) in [6, 6.07) is 1.08. The first kappa shape index (κ1) is 16.1. The minimum absolute atomic E-state index is 0. The van der Waals surface area contributed by atoms with Crippen LogP contribution in [0.2, 0.25) is 0 Å². The van der Waals surface area contributed by atoms with E-state index >= 15 is 0 Å². The fourth-order valence-corrected chi connectivity index (χ4v) is 3.12. The van der Waals surface area contributed by atoms with Crippen molar-refractivity contribution in [2.45, 2.75) is 6.42 Å². The second kappa shape index (κ2) is 6.23. The molecule has 1 N–H and O–H groups in total. The van der Waals surface area contributed by atoms with Crippen LogP contribution in [0, 0.1) is 29.3 Å². The quantitative estimate of drug-likeness (QED) is 0.860. The zero-order chi connectivity index (χ0) is 14.3. The summed E-state index contributed by atoms with van der Waals surface area (Å²) in [5.74, 6) is -3.12. The maximum absolute atomic E-state index is 13.6. The second-order valence-corrected chi connectivity index (χ2v) is 5.46. The van der Waals surface area contributed by atoms with Gasteiger partial charge in [0.15, 0.2) is 0 Å². The number of amides is 1. The fraction of sp³-hybridized carbons (Fsp3) is 0.500. The van der Waals surface area contributed by atoms with Crippen molar-refractivity contribution in [1.82, 2.24) is 10.2 Å². The largest absolute Gasteiger partial charge is 0.338 e. The molecule has 2 atom stereocenters. The molecule has 1 aromatic rings. The molecule has 1 aromatic carbocycles. The first-order valence-corrected chi connectivity index (χ1v) is 6.71. The van der Waals surface area contributed by atoms with Crippen molar-refractivity contribution < 1.29 is 18.0 Å². The Morgan fingerprint density at radius 2 is 1.76 bits per heavy atom. The standard InChI is InChI=1S/C14H15F3N2O.ClH/c15-10-3-11(16)13(12(17)4-10)14(20)19-2-1-8-5-18-6-9(8)7-19;/h3-4,8-9,18H,1-2,5-7H2;1H. The predicted molar refractivity (Wildman–Crippen MR) is 73.9 cm³/mol. The van der Waals surface area contributed by atoms with E-state index in [1.165, 1.54) is 4.90 Å². The Bertz CT molecular complexity index is 532. The maximum Gasteiger partial charge on any atom is 0.259 e. The van der Waals surface area contributed by atoms with Crippen LogP contribution in [0.25, 0.3) is 0 Å². The molecule has 2 fully saturated rings. The van der Waals surface area contributed by atoms with Crippen molar-refractivity contribution in [1.29, 1.82) is 0 Å². The van der Waals surface area contributed by atoms with Gasteiger partial charge in [-0.05, 0) is 31.3 Å². The van der Waals surface area contributed by atoms with Crippen LogP contribution in [0.15, 0.2) is 12.1 Å². The zero-order valence-corrected chi connectivity index (χ0v) is 12.1. The molecule has 116 valence electrons. The van der Waals surface area contributed by atoms with Gasteiger partial charge in [-0.2, -0.15) is 0 Å². The second-order valence-electron chi connectivity index (χ2n) is 5.46. The first-order chi connectivity index (χ1) is 9.56. The number of halogens is 4. The number of nitrogens with one attached hydrogen (secondary N) is 1. The fourth-order valence-electron chi connectivity index (χ4n) is 3.12. The first-order valence-electron chi connectivity index (χ1n) is 6.71. The van der Waals surface area contributed by atoms with E-state index in [0.29, 0.717) is 37.1 Å². The minimum atomic E-state index is -1.14. The smallest absolute Gasteiger partial charge is 0.259 e. The van der Waals surface area contributed by atoms with Gasteiger partial charge in [0, 0.05) is 25.2 Å². The van der Waals surface area contributed by atoms with Crippen LogP contribution in [-0.2, 0) is 0 Å². The van der Waals surface area contributed by atoms with Crippen molar-refractivity contribution in [3.8, 4) is 0 Å². The summed E-state index contributed by atoms with van der Waals surface area (Å²) < 4.78 is 40.2. The van der Waals surface area contributed by atoms with Crippen molar-refractivity contribution >= 4 is 18.3 Å². The molecule has 0 aliphatic carbocycles. The predicted octanol–water partition coefficient (Wildman–Crippen LogP) is 2.21. The number of fused-ring (bicyclic) bond motifs is 1. The molecule has 21 heavy (non-hydrogen) atoms. The molecule has 3 rings (SSSR count). The Morgan fingerprint density at radius 1 is 1.14 bits per heavy atom. The van der Waals surface area contributed by atoms with Gasteiger partial charge < -0.3 is 10.2 Å². The lowest BCUT2D eigenvalue weighted by atomic mass is 9.88. The molecule has 2 heterocycles. The number of hydrogen-bond donors (Lipinski definition) is 1. The highest BCUT2D eigenvalue weighted by molar-refractivity contribution is 5.94. The Labute approximate surface area is 126 Å². The van der Waals surface area contributed by atoms with Gasteiger partial charge in [-0.15, -0.1) is 12.4 Å². The average Bonchev–Trinajstić information content (AvgIpc) is 2.84. The van der Waals surface area contributed by atoms with Gasteiger partial charge in [0.05, 0.1) is 0 Å². The van der Waals surface area contributed by atoms with E-state index in [1.54, 1.807) is 0 Å². The molecule has 0 spiro atoms. The van der Waals surface area contributed by atoms with Gasteiger partial charge in [-0.1, -0.05) is 0 Å². The number of piperidine rings is 1. The van der Waals surface area contributed by atoms with Gasteiger partial charge in [0.1, 0.15) is 23.0 Å². The summed E-state index contributed by atoms with van der Waals surface area (Å²) >= 11 is 0. The van der Waals surface area contributed by atoms with Crippen molar-refractivity contribution in [3.63, 3.8) is 0 Å². The van der Waals surface area contributed by atoms with Crippen LogP contribution in [0.3, 0.4) is 0 Å². The number of hydrogen-bond acceptors (Lipinski definition) is 2. The van der Waals surface area contributed by atoms with Crippen LogP contribution >= 0.6 is 12.4 Å². The Hall–Kier alpha value is -1.27. The third-order valence-electron chi connectivity index (χ3n) is 4.21. The highest BCUT2D eigenvalue weighted by Gasteiger charge is 2.36. The number of carbonyl (C=O) groups is 1. The van der Waals surface area contributed by atoms with Gasteiger partial charge >= 0.3 is 0 Å². The molecule has 7 heteroatoms. The molecule has 2 unspecified atom stereocenters. The van der Waals surface area contributed by atoms with E-state index in [9.17, 15) is 18.0 Å². The summed E-state index contributed by atoms with van der Waals surface area (Å²) in [5.41, 5.74) is -0.657. The van der Waals surface area contributed by atoms with E-state index < -0.39 is 28.9 Å². The van der Waals surface area contributed by atoms with E-state index in [4.69, 9.17) is 0 Å². The summed E-state index contributed by atoms with van der Waals surface area (Å²) in [7, 11) is 0. The monoisotopic (exact) mass is 320 g/mol.